The van der Waals surface area contributed by atoms with Gasteiger partial charge in [-0.3, -0.25) is 4.79 Å². The fourth-order valence-electron chi connectivity index (χ4n) is 2.93. The van der Waals surface area contributed by atoms with E-state index in [1.807, 2.05) is 52.0 Å². The first-order valence-corrected chi connectivity index (χ1v) is 11.3. The third-order valence-electron chi connectivity index (χ3n) is 4.72. The van der Waals surface area contributed by atoms with Crippen molar-refractivity contribution in [1.29, 1.82) is 0 Å². The summed E-state index contributed by atoms with van der Waals surface area (Å²) in [5, 5.41) is 2.92. The third-order valence-corrected chi connectivity index (χ3v) is 6.78. The van der Waals surface area contributed by atoms with Gasteiger partial charge in [0, 0.05) is 13.1 Å². The number of nitrogens with zero attached hydrogens (tertiary/aromatic N) is 1. The van der Waals surface area contributed by atoms with Crippen molar-refractivity contribution in [3.63, 3.8) is 0 Å². The zero-order valence-corrected chi connectivity index (χ0v) is 18.3. The molecule has 1 amide bonds. The summed E-state index contributed by atoms with van der Waals surface area (Å²) >= 11 is 0. The monoisotopic (exact) mass is 418 g/mol. The van der Waals surface area contributed by atoms with E-state index in [-0.39, 0.29) is 23.3 Å². The summed E-state index contributed by atoms with van der Waals surface area (Å²) in [5.41, 5.74) is 2.00. The van der Waals surface area contributed by atoms with Gasteiger partial charge in [0.1, 0.15) is 5.75 Å². The molecule has 1 unspecified atom stereocenters. The van der Waals surface area contributed by atoms with Crippen LogP contribution < -0.4 is 10.1 Å². The number of sulfonamides is 1. The SMILES string of the molecule is CCN(CC)S(=O)(=O)c1ccc(C(C)NC(=O)CCOc2ccc(C)cc2)cc1. The molecule has 1 atom stereocenters. The molecular formula is C22H30N2O4S. The predicted molar refractivity (Wildman–Crippen MR) is 114 cm³/mol. The van der Waals surface area contributed by atoms with Crippen molar-refractivity contribution in [3.8, 4) is 5.75 Å². The maximum absolute atomic E-state index is 12.5. The highest BCUT2D eigenvalue weighted by Crippen LogP contribution is 2.19. The van der Waals surface area contributed by atoms with E-state index in [0.29, 0.717) is 19.7 Å². The highest BCUT2D eigenvalue weighted by Gasteiger charge is 2.21. The molecule has 158 valence electrons. The molecule has 0 aliphatic heterocycles. The minimum atomic E-state index is -3.48. The van der Waals surface area contributed by atoms with Crippen LogP contribution in [0.15, 0.2) is 53.4 Å². The fourth-order valence-corrected chi connectivity index (χ4v) is 4.39. The fraction of sp³-hybridized carbons (Fsp3) is 0.409. The Labute approximate surface area is 173 Å². The molecule has 0 radical (unpaired) electrons. The summed E-state index contributed by atoms with van der Waals surface area (Å²) in [5.74, 6) is 0.617. The van der Waals surface area contributed by atoms with Crippen LogP contribution in [0, 0.1) is 6.92 Å². The van der Waals surface area contributed by atoms with E-state index in [9.17, 15) is 13.2 Å². The Bertz CT molecular complexity index is 889. The highest BCUT2D eigenvalue weighted by atomic mass is 32.2. The number of rotatable bonds is 10. The molecule has 2 aromatic carbocycles. The predicted octanol–water partition coefficient (Wildman–Crippen LogP) is 3.67. The second kappa shape index (κ2) is 10.4. The summed E-state index contributed by atoms with van der Waals surface area (Å²) < 4.78 is 32.1. The second-order valence-corrected chi connectivity index (χ2v) is 8.80. The maximum Gasteiger partial charge on any atom is 0.243 e. The number of carbonyl (C=O) groups excluding carboxylic acids is 1. The molecule has 0 saturated heterocycles. The van der Waals surface area contributed by atoms with Crippen molar-refractivity contribution in [3.05, 3.63) is 59.7 Å². The molecule has 7 heteroatoms. The second-order valence-electron chi connectivity index (χ2n) is 6.86. The molecule has 0 bridgehead atoms. The van der Waals surface area contributed by atoms with E-state index in [0.717, 1.165) is 16.9 Å². The van der Waals surface area contributed by atoms with Gasteiger partial charge in [-0.25, -0.2) is 8.42 Å². The van der Waals surface area contributed by atoms with Crippen molar-refractivity contribution >= 4 is 15.9 Å². The van der Waals surface area contributed by atoms with Gasteiger partial charge in [-0.05, 0) is 43.7 Å². The molecule has 0 spiro atoms. The van der Waals surface area contributed by atoms with Crippen LogP contribution in [-0.2, 0) is 14.8 Å². The van der Waals surface area contributed by atoms with Crippen LogP contribution in [-0.4, -0.2) is 38.3 Å². The van der Waals surface area contributed by atoms with E-state index in [2.05, 4.69) is 5.32 Å². The highest BCUT2D eigenvalue weighted by molar-refractivity contribution is 7.89. The van der Waals surface area contributed by atoms with Crippen LogP contribution in [0.3, 0.4) is 0 Å². The van der Waals surface area contributed by atoms with Gasteiger partial charge in [-0.15, -0.1) is 0 Å². The molecule has 0 aliphatic rings. The van der Waals surface area contributed by atoms with Crippen molar-refractivity contribution in [2.75, 3.05) is 19.7 Å². The molecular weight excluding hydrogens is 388 g/mol. The van der Waals surface area contributed by atoms with Gasteiger partial charge < -0.3 is 10.1 Å². The van der Waals surface area contributed by atoms with E-state index in [1.54, 1.807) is 24.3 Å². The van der Waals surface area contributed by atoms with Crippen LogP contribution >= 0.6 is 0 Å². The van der Waals surface area contributed by atoms with Gasteiger partial charge in [-0.2, -0.15) is 4.31 Å². The van der Waals surface area contributed by atoms with Gasteiger partial charge in [0.05, 0.1) is 24.0 Å². The van der Waals surface area contributed by atoms with Crippen LogP contribution in [0.4, 0.5) is 0 Å². The zero-order valence-electron chi connectivity index (χ0n) is 17.5. The average Bonchev–Trinajstić information content (AvgIpc) is 2.70. The quantitative estimate of drug-likeness (QED) is 0.639. The number of amides is 1. The minimum absolute atomic E-state index is 0.121. The van der Waals surface area contributed by atoms with Gasteiger partial charge in [-0.1, -0.05) is 43.7 Å². The van der Waals surface area contributed by atoms with Crippen molar-refractivity contribution in [2.24, 2.45) is 0 Å². The van der Waals surface area contributed by atoms with Crippen LogP contribution in [0.2, 0.25) is 0 Å². The Morgan fingerprint density at radius 3 is 2.17 bits per heavy atom. The molecule has 0 aromatic heterocycles. The minimum Gasteiger partial charge on any atom is -0.493 e. The van der Waals surface area contributed by atoms with Crippen LogP contribution in [0.5, 0.6) is 5.75 Å². The van der Waals surface area contributed by atoms with Gasteiger partial charge >= 0.3 is 0 Å². The largest absolute Gasteiger partial charge is 0.493 e. The third kappa shape index (κ3) is 6.30. The standard InChI is InChI=1S/C22H30N2O4S/c1-5-24(6-2)29(26,27)21-13-9-19(10-14-21)18(4)23-22(25)15-16-28-20-11-7-17(3)8-12-20/h7-14,18H,5-6,15-16H2,1-4H3,(H,23,25). The van der Waals surface area contributed by atoms with Gasteiger partial charge in [0.25, 0.3) is 0 Å². The Kier molecular flexibility index (Phi) is 8.22. The lowest BCUT2D eigenvalue weighted by Gasteiger charge is -2.19. The smallest absolute Gasteiger partial charge is 0.243 e. The Balaban J connectivity index is 1.89. The number of aryl methyl sites for hydroxylation is 1. The zero-order chi connectivity index (χ0) is 21.4. The van der Waals surface area contributed by atoms with Crippen molar-refractivity contribution in [1.82, 2.24) is 9.62 Å². The first-order valence-electron chi connectivity index (χ1n) is 9.86. The molecule has 6 nitrogen and oxygen atoms in total. The summed E-state index contributed by atoms with van der Waals surface area (Å²) in [6, 6.07) is 14.1. The number of carbonyl (C=O) groups is 1. The number of benzene rings is 2. The molecule has 2 rings (SSSR count). The first-order chi connectivity index (χ1) is 13.8. The molecule has 0 aliphatic carbocycles. The van der Waals surface area contributed by atoms with Crippen LogP contribution in [0.25, 0.3) is 0 Å². The van der Waals surface area contributed by atoms with Crippen molar-refractivity contribution < 1.29 is 17.9 Å². The Morgan fingerprint density at radius 2 is 1.62 bits per heavy atom. The van der Waals surface area contributed by atoms with E-state index < -0.39 is 10.0 Å². The molecule has 29 heavy (non-hydrogen) atoms. The van der Waals surface area contributed by atoms with E-state index in [1.165, 1.54) is 4.31 Å². The number of hydrogen-bond donors (Lipinski definition) is 1. The topological polar surface area (TPSA) is 75.7 Å². The lowest BCUT2D eigenvalue weighted by atomic mass is 10.1. The van der Waals surface area contributed by atoms with E-state index in [4.69, 9.17) is 4.74 Å². The van der Waals surface area contributed by atoms with Gasteiger partial charge in [0.2, 0.25) is 15.9 Å². The van der Waals surface area contributed by atoms with Crippen LogP contribution in [0.1, 0.15) is 44.4 Å². The number of ether oxygens (including phenoxy) is 1. The normalized spacial score (nSPS) is 12.6. The average molecular weight is 419 g/mol. The number of hydrogen-bond acceptors (Lipinski definition) is 4. The summed E-state index contributed by atoms with van der Waals surface area (Å²) in [4.78, 5) is 12.4. The summed E-state index contributed by atoms with van der Waals surface area (Å²) in [7, 11) is -3.48. The first kappa shape index (κ1) is 22.9. The lowest BCUT2D eigenvalue weighted by Crippen LogP contribution is -2.30. The molecule has 2 aromatic rings. The van der Waals surface area contributed by atoms with E-state index >= 15 is 0 Å². The Morgan fingerprint density at radius 1 is 1.03 bits per heavy atom. The number of nitrogens with one attached hydrogen (secondary N) is 1. The Hall–Kier alpha value is -2.38. The van der Waals surface area contributed by atoms with Crippen molar-refractivity contribution in [2.45, 2.75) is 45.1 Å². The summed E-state index contributed by atoms with van der Waals surface area (Å²) in [6.45, 7) is 8.65. The molecule has 0 saturated carbocycles. The molecule has 0 heterocycles. The maximum atomic E-state index is 12.5. The molecule has 1 N–H and O–H groups in total. The van der Waals surface area contributed by atoms with Gasteiger partial charge in [0.15, 0.2) is 0 Å². The lowest BCUT2D eigenvalue weighted by molar-refractivity contribution is -0.122. The molecule has 0 fully saturated rings. The summed E-state index contributed by atoms with van der Waals surface area (Å²) in [6.07, 6.45) is 0.243.